The predicted octanol–water partition coefficient (Wildman–Crippen LogP) is 3.34. The zero-order valence-electron chi connectivity index (χ0n) is 11.2. The van der Waals surface area contributed by atoms with Crippen LogP contribution in [-0.4, -0.2) is 17.7 Å². The highest BCUT2D eigenvalue weighted by Gasteiger charge is 2.33. The van der Waals surface area contributed by atoms with Crippen molar-refractivity contribution in [1.29, 1.82) is 0 Å². The number of hydrogen-bond donors (Lipinski definition) is 1. The van der Waals surface area contributed by atoms with Gasteiger partial charge in [0, 0.05) is 6.04 Å². The Balaban J connectivity index is 2.41. The minimum absolute atomic E-state index is 0.277. The van der Waals surface area contributed by atoms with Crippen LogP contribution in [-0.2, 0) is 4.74 Å². The number of nitrogens with one attached hydrogen (secondary N) is 1. The number of carbonyl (C=O) groups is 1. The molecule has 1 aliphatic carbocycles. The molecule has 0 aliphatic heterocycles. The van der Waals surface area contributed by atoms with E-state index in [0.29, 0.717) is 12.0 Å². The lowest BCUT2D eigenvalue weighted by Gasteiger charge is -2.24. The van der Waals surface area contributed by atoms with E-state index in [-0.39, 0.29) is 6.09 Å². The molecule has 1 saturated carbocycles. The number of amides is 1. The van der Waals surface area contributed by atoms with Gasteiger partial charge in [-0.3, -0.25) is 0 Å². The van der Waals surface area contributed by atoms with Gasteiger partial charge in [0.15, 0.2) is 0 Å². The quantitative estimate of drug-likeness (QED) is 0.785. The third-order valence-electron chi connectivity index (χ3n) is 3.45. The molecule has 0 aromatic heterocycles. The molecule has 0 heterocycles. The van der Waals surface area contributed by atoms with E-state index in [0.717, 1.165) is 12.3 Å². The summed E-state index contributed by atoms with van der Waals surface area (Å²) in [6.07, 6.45) is 3.23. The summed E-state index contributed by atoms with van der Waals surface area (Å²) >= 11 is 0. The highest BCUT2D eigenvalue weighted by molar-refractivity contribution is 5.68. The molecule has 1 fully saturated rings. The Morgan fingerprint density at radius 1 is 1.38 bits per heavy atom. The van der Waals surface area contributed by atoms with Gasteiger partial charge >= 0.3 is 6.09 Å². The molecule has 1 rings (SSSR count). The van der Waals surface area contributed by atoms with Gasteiger partial charge in [-0.25, -0.2) is 4.79 Å². The van der Waals surface area contributed by atoms with Crippen LogP contribution in [0.5, 0.6) is 0 Å². The predicted molar refractivity (Wildman–Crippen MR) is 65.3 cm³/mol. The van der Waals surface area contributed by atoms with Crippen molar-refractivity contribution in [1.82, 2.24) is 5.32 Å². The first-order valence-electron chi connectivity index (χ1n) is 6.33. The maximum atomic E-state index is 11.6. The van der Waals surface area contributed by atoms with Crippen LogP contribution in [0.25, 0.3) is 0 Å². The summed E-state index contributed by atoms with van der Waals surface area (Å²) in [7, 11) is 0. The molecule has 3 unspecified atom stereocenters. The van der Waals surface area contributed by atoms with Crippen LogP contribution in [0.4, 0.5) is 4.79 Å². The Morgan fingerprint density at radius 3 is 2.44 bits per heavy atom. The summed E-state index contributed by atoms with van der Waals surface area (Å²) in [5.41, 5.74) is -0.407. The second kappa shape index (κ2) is 5.07. The SMILES string of the molecule is CCC1CCC(NC(=O)OC(C)(C)C)C1C. The number of carbonyl (C=O) groups excluding carboxylic acids is 1. The highest BCUT2D eigenvalue weighted by atomic mass is 16.6. The van der Waals surface area contributed by atoms with Crippen molar-refractivity contribution >= 4 is 6.09 Å². The minimum atomic E-state index is -0.407. The monoisotopic (exact) mass is 227 g/mol. The molecule has 0 bridgehead atoms. The topological polar surface area (TPSA) is 38.3 Å². The highest BCUT2D eigenvalue weighted by Crippen LogP contribution is 2.33. The average Bonchev–Trinajstić information content (AvgIpc) is 2.44. The molecule has 0 aromatic rings. The number of ether oxygens (including phenoxy) is 1. The van der Waals surface area contributed by atoms with Gasteiger partial charge in [-0.15, -0.1) is 0 Å². The first-order chi connectivity index (χ1) is 7.33. The Bertz CT molecular complexity index is 245. The second-order valence-corrected chi connectivity index (χ2v) is 5.86. The molecule has 0 saturated heterocycles. The van der Waals surface area contributed by atoms with E-state index in [1.807, 2.05) is 20.8 Å². The third kappa shape index (κ3) is 3.69. The summed E-state index contributed by atoms with van der Waals surface area (Å²) in [6, 6.07) is 0.291. The summed E-state index contributed by atoms with van der Waals surface area (Å²) in [6.45, 7) is 10.1. The van der Waals surface area contributed by atoms with Gasteiger partial charge < -0.3 is 10.1 Å². The van der Waals surface area contributed by atoms with Crippen molar-refractivity contribution in [3.05, 3.63) is 0 Å². The molecule has 94 valence electrons. The standard InChI is InChI=1S/C13H25NO2/c1-6-10-7-8-11(9(10)2)14-12(15)16-13(3,4)5/h9-11H,6-8H2,1-5H3,(H,14,15). The molecule has 1 N–H and O–H groups in total. The van der Waals surface area contributed by atoms with Crippen LogP contribution in [0, 0.1) is 11.8 Å². The van der Waals surface area contributed by atoms with Crippen molar-refractivity contribution in [2.24, 2.45) is 11.8 Å². The van der Waals surface area contributed by atoms with E-state index < -0.39 is 5.60 Å². The molecule has 3 heteroatoms. The van der Waals surface area contributed by atoms with Gasteiger partial charge in [-0.05, 0) is 45.4 Å². The summed E-state index contributed by atoms with van der Waals surface area (Å²) in [5.74, 6) is 1.32. The maximum absolute atomic E-state index is 11.6. The lowest BCUT2D eigenvalue weighted by molar-refractivity contribution is 0.0491. The summed E-state index contributed by atoms with van der Waals surface area (Å²) in [4.78, 5) is 11.6. The molecular formula is C13H25NO2. The maximum Gasteiger partial charge on any atom is 0.407 e. The normalized spacial score (nSPS) is 30.2. The fourth-order valence-electron chi connectivity index (χ4n) is 2.49. The van der Waals surface area contributed by atoms with E-state index in [1.165, 1.54) is 12.8 Å². The Labute approximate surface area is 98.9 Å². The van der Waals surface area contributed by atoms with E-state index in [9.17, 15) is 4.79 Å². The van der Waals surface area contributed by atoms with Crippen molar-refractivity contribution < 1.29 is 9.53 Å². The van der Waals surface area contributed by atoms with E-state index >= 15 is 0 Å². The fourth-order valence-corrected chi connectivity index (χ4v) is 2.49. The summed E-state index contributed by atoms with van der Waals surface area (Å²) < 4.78 is 5.27. The molecule has 3 atom stereocenters. The number of rotatable bonds is 2. The third-order valence-corrected chi connectivity index (χ3v) is 3.45. The van der Waals surface area contributed by atoms with Crippen LogP contribution in [0.3, 0.4) is 0 Å². The van der Waals surface area contributed by atoms with E-state index in [4.69, 9.17) is 4.74 Å². The van der Waals surface area contributed by atoms with Crippen molar-refractivity contribution in [3.8, 4) is 0 Å². The largest absolute Gasteiger partial charge is 0.444 e. The van der Waals surface area contributed by atoms with Gasteiger partial charge in [0.1, 0.15) is 5.60 Å². The van der Waals surface area contributed by atoms with Gasteiger partial charge in [0.2, 0.25) is 0 Å². The average molecular weight is 227 g/mol. The lowest BCUT2D eigenvalue weighted by Crippen LogP contribution is -2.40. The van der Waals surface area contributed by atoms with Gasteiger partial charge in [0.05, 0.1) is 0 Å². The van der Waals surface area contributed by atoms with Crippen molar-refractivity contribution in [3.63, 3.8) is 0 Å². The molecular weight excluding hydrogens is 202 g/mol. The Morgan fingerprint density at radius 2 is 2.00 bits per heavy atom. The molecule has 0 radical (unpaired) electrons. The van der Waals surface area contributed by atoms with Gasteiger partial charge in [-0.1, -0.05) is 20.3 Å². The minimum Gasteiger partial charge on any atom is -0.444 e. The number of alkyl carbamates (subject to hydrolysis) is 1. The molecule has 1 amide bonds. The Hall–Kier alpha value is -0.730. The van der Waals surface area contributed by atoms with Gasteiger partial charge in [0.25, 0.3) is 0 Å². The Kier molecular flexibility index (Phi) is 4.22. The first kappa shape index (κ1) is 13.3. The second-order valence-electron chi connectivity index (χ2n) is 5.86. The van der Waals surface area contributed by atoms with E-state index in [1.54, 1.807) is 0 Å². The van der Waals surface area contributed by atoms with Gasteiger partial charge in [-0.2, -0.15) is 0 Å². The van der Waals surface area contributed by atoms with E-state index in [2.05, 4.69) is 19.2 Å². The van der Waals surface area contributed by atoms with Crippen LogP contribution in [0.15, 0.2) is 0 Å². The molecule has 0 aromatic carbocycles. The van der Waals surface area contributed by atoms with Crippen LogP contribution >= 0.6 is 0 Å². The van der Waals surface area contributed by atoms with Crippen molar-refractivity contribution in [2.45, 2.75) is 65.5 Å². The zero-order valence-corrected chi connectivity index (χ0v) is 11.2. The molecule has 1 aliphatic rings. The molecule has 3 nitrogen and oxygen atoms in total. The first-order valence-corrected chi connectivity index (χ1v) is 6.33. The molecule has 16 heavy (non-hydrogen) atoms. The van der Waals surface area contributed by atoms with Crippen molar-refractivity contribution in [2.75, 3.05) is 0 Å². The van der Waals surface area contributed by atoms with Crippen LogP contribution in [0.2, 0.25) is 0 Å². The summed E-state index contributed by atoms with van der Waals surface area (Å²) in [5, 5.41) is 2.99. The fraction of sp³-hybridized carbons (Fsp3) is 0.923. The van der Waals surface area contributed by atoms with Crippen LogP contribution in [0.1, 0.15) is 53.9 Å². The smallest absolute Gasteiger partial charge is 0.407 e. The van der Waals surface area contributed by atoms with Crippen LogP contribution < -0.4 is 5.32 Å². The lowest BCUT2D eigenvalue weighted by atomic mass is 9.94. The number of hydrogen-bond acceptors (Lipinski definition) is 2. The zero-order chi connectivity index (χ0) is 12.3. The molecule has 0 spiro atoms.